The molecule has 1 heterocycles. The smallest absolute Gasteiger partial charge is 0.127 e. The van der Waals surface area contributed by atoms with Crippen LogP contribution in [-0.4, -0.2) is 5.60 Å². The molecule has 1 aliphatic carbocycles. The van der Waals surface area contributed by atoms with Crippen LogP contribution < -0.4 is 10.5 Å². The highest BCUT2D eigenvalue weighted by Gasteiger charge is 2.45. The zero-order valence-electron chi connectivity index (χ0n) is 11.7. The van der Waals surface area contributed by atoms with Gasteiger partial charge < -0.3 is 10.5 Å². The second kappa shape index (κ2) is 4.20. The Morgan fingerprint density at radius 1 is 1.32 bits per heavy atom. The molecule has 1 aromatic rings. The molecule has 1 aliphatic heterocycles. The summed E-state index contributed by atoms with van der Waals surface area (Å²) in [7, 11) is 0. The number of rotatable bonds is 0. The molecule has 0 aromatic heterocycles. The number of nitrogens with two attached hydrogens (primary N) is 1. The van der Waals surface area contributed by atoms with Gasteiger partial charge in [-0.15, -0.1) is 0 Å². The Morgan fingerprint density at radius 3 is 2.84 bits per heavy atom. The topological polar surface area (TPSA) is 35.2 Å². The number of benzene rings is 1. The van der Waals surface area contributed by atoms with Crippen LogP contribution in [0.15, 0.2) is 18.2 Å². The van der Waals surface area contributed by atoms with E-state index in [2.05, 4.69) is 13.8 Å². The van der Waals surface area contributed by atoms with E-state index in [1.807, 2.05) is 0 Å². The lowest BCUT2D eigenvalue weighted by molar-refractivity contribution is -0.0387. The average Bonchev–Trinajstić information content (AvgIpc) is 2.25. The fraction of sp³-hybridized carbons (Fsp3) is 0.625. The quantitative estimate of drug-likeness (QED) is 0.769. The van der Waals surface area contributed by atoms with E-state index in [0.717, 1.165) is 31.2 Å². The molecule has 2 nitrogen and oxygen atoms in total. The Bertz CT molecular complexity index is 500. The predicted octanol–water partition coefficient (Wildman–Crippen LogP) is 3.95. The molecule has 3 heteroatoms. The highest BCUT2D eigenvalue weighted by atomic mass is 19.1. The van der Waals surface area contributed by atoms with E-state index < -0.39 is 0 Å². The zero-order chi connectivity index (χ0) is 13.7. The Labute approximate surface area is 114 Å². The van der Waals surface area contributed by atoms with Gasteiger partial charge in [0.25, 0.3) is 0 Å². The average molecular weight is 263 g/mol. The zero-order valence-corrected chi connectivity index (χ0v) is 11.7. The minimum atomic E-state index is -0.252. The van der Waals surface area contributed by atoms with Crippen molar-refractivity contribution in [2.24, 2.45) is 11.1 Å². The van der Waals surface area contributed by atoms with E-state index in [0.29, 0.717) is 5.75 Å². The van der Waals surface area contributed by atoms with Crippen LogP contribution in [0.1, 0.15) is 57.6 Å². The Balaban J connectivity index is 1.95. The van der Waals surface area contributed by atoms with Crippen molar-refractivity contribution in [1.82, 2.24) is 0 Å². The van der Waals surface area contributed by atoms with Crippen LogP contribution in [0.4, 0.5) is 4.39 Å². The van der Waals surface area contributed by atoms with Crippen LogP contribution in [0.25, 0.3) is 0 Å². The van der Waals surface area contributed by atoms with Crippen LogP contribution in [0.5, 0.6) is 5.75 Å². The molecule has 2 atom stereocenters. The SMILES string of the molecule is CC1(C)CCCC2(C[C@H](N)c3ccc(F)cc3O2)C1. The van der Waals surface area contributed by atoms with Crippen molar-refractivity contribution in [1.29, 1.82) is 0 Å². The fourth-order valence-electron chi connectivity index (χ4n) is 3.89. The van der Waals surface area contributed by atoms with Crippen molar-refractivity contribution < 1.29 is 9.13 Å². The first-order valence-electron chi connectivity index (χ1n) is 7.13. The summed E-state index contributed by atoms with van der Waals surface area (Å²) in [5.41, 5.74) is 7.32. The maximum atomic E-state index is 13.4. The molecule has 1 spiro atoms. The van der Waals surface area contributed by atoms with E-state index in [9.17, 15) is 4.39 Å². The molecular formula is C16H22FNO. The van der Waals surface area contributed by atoms with Crippen LogP contribution >= 0.6 is 0 Å². The monoisotopic (exact) mass is 263 g/mol. The molecule has 1 aromatic carbocycles. The first kappa shape index (κ1) is 12.9. The van der Waals surface area contributed by atoms with Crippen molar-refractivity contribution >= 4 is 0 Å². The summed E-state index contributed by atoms with van der Waals surface area (Å²) in [4.78, 5) is 0. The number of hydrogen-bond donors (Lipinski definition) is 1. The van der Waals surface area contributed by atoms with E-state index in [1.54, 1.807) is 6.07 Å². The molecule has 0 amide bonds. The molecule has 0 bridgehead atoms. The van der Waals surface area contributed by atoms with Crippen LogP contribution in [0, 0.1) is 11.2 Å². The normalized spacial score (nSPS) is 32.7. The summed E-state index contributed by atoms with van der Waals surface area (Å²) in [6.45, 7) is 4.56. The lowest BCUT2D eigenvalue weighted by atomic mass is 9.66. The van der Waals surface area contributed by atoms with Crippen molar-refractivity contribution in [2.75, 3.05) is 0 Å². The third kappa shape index (κ3) is 2.36. The Kier molecular flexibility index (Phi) is 2.86. The third-order valence-electron chi connectivity index (χ3n) is 4.58. The van der Waals surface area contributed by atoms with Gasteiger partial charge in [0, 0.05) is 24.1 Å². The summed E-state index contributed by atoms with van der Waals surface area (Å²) >= 11 is 0. The summed E-state index contributed by atoms with van der Waals surface area (Å²) < 4.78 is 19.6. The first-order chi connectivity index (χ1) is 8.89. The molecule has 0 saturated heterocycles. The second-order valence-corrected chi connectivity index (χ2v) is 6.97. The highest BCUT2D eigenvalue weighted by Crippen LogP contribution is 2.50. The first-order valence-corrected chi connectivity index (χ1v) is 7.13. The molecule has 104 valence electrons. The summed E-state index contributed by atoms with van der Waals surface area (Å²) in [5, 5.41) is 0. The summed E-state index contributed by atoms with van der Waals surface area (Å²) in [6, 6.07) is 4.66. The molecule has 3 rings (SSSR count). The van der Waals surface area contributed by atoms with Gasteiger partial charge in [-0.25, -0.2) is 4.39 Å². The molecule has 2 aliphatic rings. The van der Waals surface area contributed by atoms with Gasteiger partial charge in [-0.2, -0.15) is 0 Å². The summed E-state index contributed by atoms with van der Waals surface area (Å²) in [5.74, 6) is 0.398. The van der Waals surface area contributed by atoms with E-state index in [1.165, 1.54) is 18.6 Å². The summed E-state index contributed by atoms with van der Waals surface area (Å²) in [6.07, 6.45) is 5.26. The Morgan fingerprint density at radius 2 is 2.11 bits per heavy atom. The molecular weight excluding hydrogens is 241 g/mol. The predicted molar refractivity (Wildman–Crippen MR) is 73.6 cm³/mol. The maximum absolute atomic E-state index is 13.4. The van der Waals surface area contributed by atoms with Crippen LogP contribution in [0.2, 0.25) is 0 Å². The van der Waals surface area contributed by atoms with E-state index in [-0.39, 0.29) is 22.9 Å². The number of halogens is 1. The molecule has 1 saturated carbocycles. The second-order valence-electron chi connectivity index (χ2n) is 6.97. The van der Waals surface area contributed by atoms with Gasteiger partial charge in [0.2, 0.25) is 0 Å². The lowest BCUT2D eigenvalue weighted by Crippen LogP contribution is -2.48. The van der Waals surface area contributed by atoms with Crippen molar-refractivity contribution in [3.63, 3.8) is 0 Å². The molecule has 1 unspecified atom stereocenters. The molecule has 19 heavy (non-hydrogen) atoms. The Hall–Kier alpha value is -1.09. The fourth-order valence-corrected chi connectivity index (χ4v) is 3.89. The van der Waals surface area contributed by atoms with Gasteiger partial charge >= 0.3 is 0 Å². The standard InChI is InChI=1S/C16H22FNO/c1-15(2)6-3-7-16(10-15)9-13(18)12-5-4-11(17)8-14(12)19-16/h4-5,8,13H,3,6-7,9-10,18H2,1-2H3/t13-,16?/m0/s1. The third-order valence-corrected chi connectivity index (χ3v) is 4.58. The van der Waals surface area contributed by atoms with Gasteiger partial charge in [0.05, 0.1) is 0 Å². The molecule has 1 fully saturated rings. The van der Waals surface area contributed by atoms with Gasteiger partial charge in [0.1, 0.15) is 17.2 Å². The number of fused-ring (bicyclic) bond motifs is 1. The molecule has 0 radical (unpaired) electrons. The van der Waals surface area contributed by atoms with Crippen molar-refractivity contribution in [3.8, 4) is 5.75 Å². The number of hydrogen-bond acceptors (Lipinski definition) is 2. The lowest BCUT2D eigenvalue weighted by Gasteiger charge is -2.48. The van der Waals surface area contributed by atoms with Gasteiger partial charge in [-0.3, -0.25) is 0 Å². The van der Waals surface area contributed by atoms with Crippen LogP contribution in [-0.2, 0) is 0 Å². The van der Waals surface area contributed by atoms with E-state index in [4.69, 9.17) is 10.5 Å². The largest absolute Gasteiger partial charge is 0.487 e. The van der Waals surface area contributed by atoms with Gasteiger partial charge in [-0.05, 0) is 37.2 Å². The minimum Gasteiger partial charge on any atom is -0.487 e. The highest BCUT2D eigenvalue weighted by molar-refractivity contribution is 5.39. The van der Waals surface area contributed by atoms with E-state index >= 15 is 0 Å². The van der Waals surface area contributed by atoms with Crippen molar-refractivity contribution in [2.45, 2.75) is 57.6 Å². The van der Waals surface area contributed by atoms with Gasteiger partial charge in [-0.1, -0.05) is 19.9 Å². The number of ether oxygens (including phenoxy) is 1. The van der Waals surface area contributed by atoms with Crippen LogP contribution in [0.3, 0.4) is 0 Å². The minimum absolute atomic E-state index is 0.0433. The maximum Gasteiger partial charge on any atom is 0.127 e. The molecule has 2 N–H and O–H groups in total. The van der Waals surface area contributed by atoms with Crippen molar-refractivity contribution in [3.05, 3.63) is 29.6 Å². The van der Waals surface area contributed by atoms with Gasteiger partial charge in [0.15, 0.2) is 0 Å².